The first-order chi connectivity index (χ1) is 14.8. The molecule has 142 valence electrons. The predicted molar refractivity (Wildman–Crippen MR) is 122 cm³/mol. The average Bonchev–Trinajstić information content (AvgIpc) is 3.10. The molecule has 6 rings (SSSR count). The molecule has 0 amide bonds. The maximum Gasteiger partial charge on any atom is 0.339 e. The number of nitrogens with zero attached hydrogens (tertiary/aromatic N) is 3. The molecule has 0 saturated carbocycles. The minimum atomic E-state index is -0.128. The van der Waals surface area contributed by atoms with Crippen molar-refractivity contribution < 1.29 is 0 Å². The lowest BCUT2D eigenvalue weighted by molar-refractivity contribution is 0.935. The van der Waals surface area contributed by atoms with Gasteiger partial charge in [-0.2, -0.15) is 0 Å². The van der Waals surface area contributed by atoms with Gasteiger partial charge in [-0.05, 0) is 35.0 Å². The largest absolute Gasteiger partial charge is 0.339 e. The zero-order chi connectivity index (χ0) is 20.1. The Morgan fingerprint density at radius 1 is 0.567 bits per heavy atom. The molecule has 4 nitrogen and oxygen atoms in total. The van der Waals surface area contributed by atoms with Crippen molar-refractivity contribution in [2.24, 2.45) is 0 Å². The monoisotopic (exact) mass is 387 g/mol. The van der Waals surface area contributed by atoms with E-state index < -0.39 is 0 Å². The summed E-state index contributed by atoms with van der Waals surface area (Å²) < 4.78 is 3.49. The summed E-state index contributed by atoms with van der Waals surface area (Å²) in [4.78, 5) is 18.5. The fourth-order valence-corrected chi connectivity index (χ4v) is 4.29. The summed E-state index contributed by atoms with van der Waals surface area (Å²) in [6, 6.07) is 32.1. The van der Waals surface area contributed by atoms with E-state index in [2.05, 4.69) is 35.3 Å². The van der Waals surface area contributed by atoms with Crippen LogP contribution in [0, 0.1) is 0 Å². The molecule has 4 aromatic carbocycles. The lowest BCUT2D eigenvalue weighted by atomic mass is 10.1. The van der Waals surface area contributed by atoms with Crippen molar-refractivity contribution in [3.8, 4) is 11.4 Å². The van der Waals surface area contributed by atoms with Crippen molar-refractivity contribution in [1.29, 1.82) is 0 Å². The molecule has 0 fully saturated rings. The average molecular weight is 387 g/mol. The van der Waals surface area contributed by atoms with E-state index in [0.29, 0.717) is 5.65 Å². The zero-order valence-electron chi connectivity index (χ0n) is 16.1. The summed E-state index contributed by atoms with van der Waals surface area (Å²) in [6.07, 6.45) is 1.73. The molecule has 0 spiro atoms. The van der Waals surface area contributed by atoms with Crippen LogP contribution in [0.1, 0.15) is 0 Å². The number of hydrogen-bond acceptors (Lipinski definition) is 2. The number of aromatic nitrogens is 3. The number of hydrogen-bond donors (Lipinski definition) is 0. The van der Waals surface area contributed by atoms with Gasteiger partial charge in [0, 0.05) is 17.0 Å². The zero-order valence-corrected chi connectivity index (χ0v) is 16.1. The Morgan fingerprint density at radius 2 is 1.13 bits per heavy atom. The highest BCUT2D eigenvalue weighted by atomic mass is 16.1. The van der Waals surface area contributed by atoms with Crippen molar-refractivity contribution in [2.75, 3.05) is 0 Å². The van der Waals surface area contributed by atoms with Gasteiger partial charge in [-0.3, -0.25) is 4.57 Å². The summed E-state index contributed by atoms with van der Waals surface area (Å²) >= 11 is 0. The van der Waals surface area contributed by atoms with Gasteiger partial charge in [0.25, 0.3) is 0 Å². The van der Waals surface area contributed by atoms with Crippen LogP contribution < -0.4 is 5.69 Å². The van der Waals surface area contributed by atoms with Crippen LogP contribution in [0.5, 0.6) is 0 Å². The quantitative estimate of drug-likeness (QED) is 0.394. The number of benzene rings is 4. The molecule has 0 aliphatic heterocycles. The number of fused-ring (bicyclic) bond motifs is 3. The Balaban J connectivity index is 1.77. The minimum Gasteiger partial charge on any atom is -0.258 e. The predicted octanol–water partition coefficient (Wildman–Crippen LogP) is 5.48. The lowest BCUT2D eigenvalue weighted by Crippen LogP contribution is -2.22. The van der Waals surface area contributed by atoms with Gasteiger partial charge in [0.15, 0.2) is 5.65 Å². The van der Waals surface area contributed by atoms with E-state index in [-0.39, 0.29) is 5.69 Å². The second kappa shape index (κ2) is 6.42. The molecule has 4 heteroatoms. The Labute approximate surface area is 172 Å². The lowest BCUT2D eigenvalue weighted by Gasteiger charge is -2.08. The Morgan fingerprint density at radius 3 is 1.80 bits per heavy atom. The molecule has 0 bridgehead atoms. The molecular weight excluding hydrogens is 370 g/mol. The van der Waals surface area contributed by atoms with Gasteiger partial charge in [-0.25, -0.2) is 14.3 Å². The number of pyridine rings is 1. The van der Waals surface area contributed by atoms with Crippen molar-refractivity contribution in [3.05, 3.63) is 114 Å². The van der Waals surface area contributed by atoms with Crippen LogP contribution >= 0.6 is 0 Å². The van der Waals surface area contributed by atoms with Gasteiger partial charge in [0.1, 0.15) is 0 Å². The van der Waals surface area contributed by atoms with Gasteiger partial charge in [-0.1, -0.05) is 72.8 Å². The molecule has 2 aromatic heterocycles. The maximum atomic E-state index is 13.9. The highest BCUT2D eigenvalue weighted by Gasteiger charge is 2.19. The topological polar surface area (TPSA) is 39.8 Å². The van der Waals surface area contributed by atoms with Gasteiger partial charge >= 0.3 is 5.69 Å². The number of rotatable bonds is 2. The molecule has 0 N–H and O–H groups in total. The van der Waals surface area contributed by atoms with Gasteiger partial charge in [-0.15, -0.1) is 0 Å². The molecule has 0 radical (unpaired) electrons. The van der Waals surface area contributed by atoms with Gasteiger partial charge in [0.05, 0.1) is 16.9 Å². The third-order valence-electron chi connectivity index (χ3n) is 5.62. The molecule has 0 aliphatic rings. The van der Waals surface area contributed by atoms with E-state index in [4.69, 9.17) is 0 Å². The fraction of sp³-hybridized carbons (Fsp3) is 0. The maximum absolute atomic E-state index is 13.9. The van der Waals surface area contributed by atoms with Crippen LogP contribution in [0.25, 0.3) is 44.1 Å². The summed E-state index contributed by atoms with van der Waals surface area (Å²) in [5, 5.41) is 4.23. The van der Waals surface area contributed by atoms with Crippen LogP contribution in [0.15, 0.2) is 108 Å². The number of imidazole rings is 1. The van der Waals surface area contributed by atoms with E-state index in [1.165, 1.54) is 0 Å². The van der Waals surface area contributed by atoms with Crippen LogP contribution in [-0.2, 0) is 0 Å². The van der Waals surface area contributed by atoms with E-state index >= 15 is 0 Å². The second-order valence-electron chi connectivity index (χ2n) is 7.30. The third-order valence-corrected chi connectivity index (χ3v) is 5.62. The summed E-state index contributed by atoms with van der Waals surface area (Å²) in [5.74, 6) is 0. The van der Waals surface area contributed by atoms with Crippen LogP contribution in [0.3, 0.4) is 0 Å². The van der Waals surface area contributed by atoms with Gasteiger partial charge < -0.3 is 0 Å². The van der Waals surface area contributed by atoms with Crippen molar-refractivity contribution in [1.82, 2.24) is 14.1 Å². The van der Waals surface area contributed by atoms with E-state index in [0.717, 1.165) is 38.4 Å². The van der Waals surface area contributed by atoms with Crippen LogP contribution in [0.4, 0.5) is 0 Å². The third kappa shape index (κ3) is 2.34. The normalized spacial score (nSPS) is 11.5. The molecule has 30 heavy (non-hydrogen) atoms. The van der Waals surface area contributed by atoms with Crippen molar-refractivity contribution >= 4 is 32.7 Å². The Kier molecular flexibility index (Phi) is 3.59. The van der Waals surface area contributed by atoms with Crippen molar-refractivity contribution in [3.63, 3.8) is 0 Å². The highest BCUT2D eigenvalue weighted by Crippen LogP contribution is 2.28. The highest BCUT2D eigenvalue weighted by molar-refractivity contribution is 5.94. The SMILES string of the molecule is O=c1n(-c2cccc3ccccc23)c2cccnc2n1-c1cccc2ccccc12. The van der Waals surface area contributed by atoms with E-state index in [9.17, 15) is 4.79 Å². The standard InChI is InChI=1S/C26H17N3O/c30-26-28(22-14-5-10-18-8-1-3-12-20(18)22)24-16-7-17-27-25(24)29(26)23-15-6-11-19-9-2-4-13-21(19)23/h1-17H. The van der Waals surface area contributed by atoms with Crippen molar-refractivity contribution in [2.45, 2.75) is 0 Å². The Bertz CT molecular complexity index is 1500. The molecule has 0 aliphatic carbocycles. The smallest absolute Gasteiger partial charge is 0.258 e. The molecule has 2 heterocycles. The van der Waals surface area contributed by atoms with Crippen LogP contribution in [0.2, 0.25) is 0 Å². The molecule has 0 unspecified atom stereocenters. The van der Waals surface area contributed by atoms with Gasteiger partial charge in [0.2, 0.25) is 0 Å². The molecular formula is C26H17N3O. The summed E-state index contributed by atoms with van der Waals surface area (Å²) in [6.45, 7) is 0. The fourth-order valence-electron chi connectivity index (χ4n) is 4.29. The Hall–Kier alpha value is -4.18. The molecule has 6 aromatic rings. The second-order valence-corrected chi connectivity index (χ2v) is 7.30. The van der Waals surface area contributed by atoms with E-state index in [1.54, 1.807) is 15.3 Å². The van der Waals surface area contributed by atoms with Crippen LogP contribution in [-0.4, -0.2) is 14.1 Å². The first kappa shape index (κ1) is 16.7. The first-order valence-electron chi connectivity index (χ1n) is 9.88. The summed E-state index contributed by atoms with van der Waals surface area (Å²) in [7, 11) is 0. The minimum absolute atomic E-state index is 0.128. The molecule has 0 saturated heterocycles. The summed E-state index contributed by atoms with van der Waals surface area (Å²) in [5.41, 5.74) is 2.99. The first-order valence-corrected chi connectivity index (χ1v) is 9.88. The van der Waals surface area contributed by atoms with E-state index in [1.807, 2.05) is 66.7 Å². The molecule has 0 atom stereocenters.